The van der Waals surface area contributed by atoms with Crippen LogP contribution in [0.15, 0.2) is 33.6 Å². The summed E-state index contributed by atoms with van der Waals surface area (Å²) in [6.45, 7) is 1.06. The summed E-state index contributed by atoms with van der Waals surface area (Å²) >= 11 is 3.28. The number of fused-ring (bicyclic) bond motifs is 1. The van der Waals surface area contributed by atoms with Crippen LogP contribution in [0.25, 0.3) is 0 Å². The van der Waals surface area contributed by atoms with Crippen molar-refractivity contribution in [3.05, 3.63) is 28.7 Å². The SMILES string of the molecule is O=S(=O)(c1ccc(Br)cc1)N1C2COCC21. The number of sulfonamides is 1. The lowest BCUT2D eigenvalue weighted by Gasteiger charge is -2.09. The second-order valence-electron chi connectivity index (χ2n) is 3.96. The molecule has 3 rings (SSSR count). The molecule has 6 heteroatoms. The van der Waals surface area contributed by atoms with Gasteiger partial charge in [-0.3, -0.25) is 0 Å². The fraction of sp³-hybridized carbons (Fsp3) is 0.400. The Morgan fingerprint density at radius 1 is 1.19 bits per heavy atom. The van der Waals surface area contributed by atoms with E-state index in [0.717, 1.165) is 4.47 Å². The van der Waals surface area contributed by atoms with Crippen LogP contribution in [0.4, 0.5) is 0 Å². The standard InChI is InChI=1S/C10H10BrNO3S/c11-7-1-3-8(4-2-7)16(13,14)12-9-5-15-6-10(9)12/h1-4,9-10H,5-6H2. The predicted octanol–water partition coefficient (Wildman–Crippen LogP) is 1.22. The van der Waals surface area contributed by atoms with E-state index in [1.54, 1.807) is 28.6 Å². The van der Waals surface area contributed by atoms with E-state index in [-0.39, 0.29) is 12.1 Å². The fourth-order valence-corrected chi connectivity index (χ4v) is 4.12. The third kappa shape index (κ3) is 1.52. The molecule has 2 unspecified atom stereocenters. The van der Waals surface area contributed by atoms with E-state index in [1.165, 1.54) is 0 Å². The zero-order valence-corrected chi connectivity index (χ0v) is 10.7. The minimum Gasteiger partial charge on any atom is -0.378 e. The molecular formula is C10H10BrNO3S. The highest BCUT2D eigenvalue weighted by molar-refractivity contribution is 9.10. The van der Waals surface area contributed by atoms with E-state index in [4.69, 9.17) is 4.74 Å². The molecule has 1 aromatic carbocycles. The minimum atomic E-state index is -3.31. The Bertz CT molecular complexity index is 503. The van der Waals surface area contributed by atoms with Crippen LogP contribution >= 0.6 is 15.9 Å². The maximum Gasteiger partial charge on any atom is 0.243 e. The van der Waals surface area contributed by atoms with E-state index in [1.807, 2.05) is 0 Å². The maximum atomic E-state index is 12.2. The van der Waals surface area contributed by atoms with E-state index in [2.05, 4.69) is 15.9 Å². The monoisotopic (exact) mass is 303 g/mol. The first-order chi connectivity index (χ1) is 7.60. The maximum absolute atomic E-state index is 12.2. The Morgan fingerprint density at radius 3 is 2.31 bits per heavy atom. The first-order valence-electron chi connectivity index (χ1n) is 4.97. The highest BCUT2D eigenvalue weighted by atomic mass is 79.9. The van der Waals surface area contributed by atoms with Crippen LogP contribution in [0.5, 0.6) is 0 Å². The topological polar surface area (TPSA) is 46.4 Å². The Balaban J connectivity index is 1.92. The molecule has 86 valence electrons. The van der Waals surface area contributed by atoms with Gasteiger partial charge in [0.25, 0.3) is 0 Å². The van der Waals surface area contributed by atoms with Crippen molar-refractivity contribution in [2.45, 2.75) is 17.0 Å². The molecule has 0 aromatic heterocycles. The van der Waals surface area contributed by atoms with Crippen LogP contribution in [0, 0.1) is 0 Å². The van der Waals surface area contributed by atoms with Gasteiger partial charge < -0.3 is 4.74 Å². The summed E-state index contributed by atoms with van der Waals surface area (Å²) in [6, 6.07) is 6.84. The van der Waals surface area contributed by atoms with Crippen LogP contribution in [-0.2, 0) is 14.8 Å². The molecule has 0 spiro atoms. The first kappa shape index (κ1) is 10.7. The largest absolute Gasteiger partial charge is 0.378 e. The number of benzene rings is 1. The molecule has 0 aliphatic carbocycles. The van der Waals surface area contributed by atoms with Gasteiger partial charge in [0, 0.05) is 4.47 Å². The van der Waals surface area contributed by atoms with Crippen molar-refractivity contribution in [2.75, 3.05) is 13.2 Å². The van der Waals surface area contributed by atoms with Crippen molar-refractivity contribution >= 4 is 26.0 Å². The van der Waals surface area contributed by atoms with Gasteiger partial charge in [0.15, 0.2) is 0 Å². The molecule has 16 heavy (non-hydrogen) atoms. The summed E-state index contributed by atoms with van der Waals surface area (Å²) < 4.78 is 31.9. The Kier molecular flexibility index (Phi) is 2.36. The quantitative estimate of drug-likeness (QED) is 0.772. The van der Waals surface area contributed by atoms with E-state index < -0.39 is 10.0 Å². The van der Waals surface area contributed by atoms with Gasteiger partial charge >= 0.3 is 0 Å². The lowest BCUT2D eigenvalue weighted by atomic mass is 10.4. The molecule has 0 saturated carbocycles. The number of ether oxygens (including phenoxy) is 1. The second kappa shape index (κ2) is 3.53. The van der Waals surface area contributed by atoms with E-state index in [9.17, 15) is 8.42 Å². The number of nitrogens with zero attached hydrogens (tertiary/aromatic N) is 1. The minimum absolute atomic E-state index is 0.0636. The fourth-order valence-electron chi connectivity index (χ4n) is 2.07. The number of halogens is 1. The Hall–Kier alpha value is -0.430. The van der Waals surface area contributed by atoms with Crippen molar-refractivity contribution in [3.8, 4) is 0 Å². The van der Waals surface area contributed by atoms with Crippen molar-refractivity contribution in [1.82, 2.24) is 4.31 Å². The summed E-state index contributed by atoms with van der Waals surface area (Å²) in [4.78, 5) is 0.352. The Morgan fingerprint density at radius 2 is 1.75 bits per heavy atom. The summed E-state index contributed by atoms with van der Waals surface area (Å²) in [7, 11) is -3.31. The van der Waals surface area contributed by atoms with Crippen molar-refractivity contribution in [2.24, 2.45) is 0 Å². The van der Waals surface area contributed by atoms with Crippen LogP contribution in [0.3, 0.4) is 0 Å². The van der Waals surface area contributed by atoms with Gasteiger partial charge in [0.1, 0.15) is 0 Å². The number of morpholine rings is 1. The third-order valence-electron chi connectivity index (χ3n) is 2.97. The molecule has 0 N–H and O–H groups in total. The number of hydrogen-bond acceptors (Lipinski definition) is 3. The van der Waals surface area contributed by atoms with Crippen LogP contribution < -0.4 is 0 Å². The summed E-state index contributed by atoms with van der Waals surface area (Å²) in [6.07, 6.45) is 0. The highest BCUT2D eigenvalue weighted by Gasteiger charge is 2.58. The molecular weight excluding hydrogens is 294 g/mol. The predicted molar refractivity (Wildman–Crippen MR) is 61.6 cm³/mol. The molecule has 0 radical (unpaired) electrons. The number of hydrogen-bond donors (Lipinski definition) is 0. The van der Waals surface area contributed by atoms with Gasteiger partial charge in [-0.2, -0.15) is 4.31 Å². The molecule has 2 atom stereocenters. The summed E-state index contributed by atoms with van der Waals surface area (Å²) in [5, 5.41) is 0. The molecule has 4 nitrogen and oxygen atoms in total. The first-order valence-corrected chi connectivity index (χ1v) is 7.21. The van der Waals surface area contributed by atoms with Crippen LogP contribution in [0.1, 0.15) is 0 Å². The van der Waals surface area contributed by atoms with E-state index in [0.29, 0.717) is 18.1 Å². The van der Waals surface area contributed by atoms with Crippen molar-refractivity contribution in [3.63, 3.8) is 0 Å². The lowest BCUT2D eigenvalue weighted by Crippen LogP contribution is -2.20. The van der Waals surface area contributed by atoms with Crippen molar-refractivity contribution < 1.29 is 13.2 Å². The molecule has 2 saturated heterocycles. The smallest absolute Gasteiger partial charge is 0.243 e. The van der Waals surface area contributed by atoms with Gasteiger partial charge in [0.05, 0.1) is 30.2 Å². The average molecular weight is 304 g/mol. The molecule has 2 fully saturated rings. The highest BCUT2D eigenvalue weighted by Crippen LogP contribution is 2.39. The molecule has 1 aromatic rings. The normalized spacial score (nSPS) is 32.4. The second-order valence-corrected chi connectivity index (χ2v) is 6.72. The van der Waals surface area contributed by atoms with Crippen LogP contribution in [0.2, 0.25) is 0 Å². The molecule has 2 aliphatic heterocycles. The summed E-state index contributed by atoms with van der Waals surface area (Å²) in [5.74, 6) is 0. The van der Waals surface area contributed by atoms with Gasteiger partial charge in [-0.25, -0.2) is 8.42 Å². The number of rotatable bonds is 2. The lowest BCUT2D eigenvalue weighted by molar-refractivity contribution is 0.155. The third-order valence-corrected chi connectivity index (χ3v) is 5.47. The van der Waals surface area contributed by atoms with Gasteiger partial charge in [0.2, 0.25) is 10.0 Å². The zero-order chi connectivity index (χ0) is 11.3. The average Bonchev–Trinajstić information content (AvgIpc) is 2.77. The van der Waals surface area contributed by atoms with Gasteiger partial charge in [-0.15, -0.1) is 0 Å². The molecule has 2 aliphatic rings. The Labute approximate surface area is 102 Å². The van der Waals surface area contributed by atoms with Gasteiger partial charge in [-0.1, -0.05) is 15.9 Å². The zero-order valence-electron chi connectivity index (χ0n) is 8.34. The molecule has 0 bridgehead atoms. The molecule has 2 heterocycles. The van der Waals surface area contributed by atoms with E-state index >= 15 is 0 Å². The molecule has 0 amide bonds. The summed E-state index contributed by atoms with van der Waals surface area (Å²) in [5.41, 5.74) is 0. The van der Waals surface area contributed by atoms with Crippen molar-refractivity contribution in [1.29, 1.82) is 0 Å². The van der Waals surface area contributed by atoms with Gasteiger partial charge in [-0.05, 0) is 24.3 Å². The van der Waals surface area contributed by atoms with Crippen LogP contribution in [-0.4, -0.2) is 38.0 Å².